The van der Waals surface area contributed by atoms with Crippen molar-refractivity contribution in [2.75, 3.05) is 19.6 Å². The van der Waals surface area contributed by atoms with Crippen LogP contribution in [-0.2, 0) is 0 Å². The van der Waals surface area contributed by atoms with E-state index in [4.69, 9.17) is 0 Å². The molecule has 0 bridgehead atoms. The monoisotopic (exact) mass is 239 g/mol. The smallest absolute Gasteiger partial charge is 0.0538 e. The van der Waals surface area contributed by atoms with Gasteiger partial charge in [-0.1, -0.05) is 26.2 Å². The molecule has 2 aliphatic rings. The number of hydrogen-bond acceptors (Lipinski definition) is 2. The fourth-order valence-corrected chi connectivity index (χ4v) is 3.63. The molecule has 2 heteroatoms. The summed E-state index contributed by atoms with van der Waals surface area (Å²) in [5, 5.41) is 9.56. The summed E-state index contributed by atoms with van der Waals surface area (Å²) in [4.78, 5) is 2.65. The van der Waals surface area contributed by atoms with Crippen molar-refractivity contribution in [3.8, 4) is 0 Å². The maximum absolute atomic E-state index is 9.56. The van der Waals surface area contributed by atoms with Crippen LogP contribution in [0.2, 0.25) is 0 Å². The van der Waals surface area contributed by atoms with Gasteiger partial charge in [-0.15, -0.1) is 0 Å². The number of nitrogens with zero attached hydrogens (tertiary/aromatic N) is 1. The van der Waals surface area contributed by atoms with Gasteiger partial charge in [-0.2, -0.15) is 0 Å². The normalized spacial score (nSPS) is 32.1. The summed E-state index contributed by atoms with van der Waals surface area (Å²) in [6.07, 6.45) is 10.3. The Bertz CT molecular complexity index is 219. The lowest BCUT2D eigenvalue weighted by atomic mass is 9.75. The number of piperidine rings is 1. The summed E-state index contributed by atoms with van der Waals surface area (Å²) in [7, 11) is 0. The highest BCUT2D eigenvalue weighted by Crippen LogP contribution is 2.35. The molecule has 1 aliphatic carbocycles. The van der Waals surface area contributed by atoms with Gasteiger partial charge in [-0.3, -0.25) is 0 Å². The molecule has 0 radical (unpaired) electrons. The summed E-state index contributed by atoms with van der Waals surface area (Å²) in [5.74, 6) is 2.04. The molecule has 3 atom stereocenters. The van der Waals surface area contributed by atoms with Crippen molar-refractivity contribution in [2.24, 2.45) is 11.8 Å². The van der Waals surface area contributed by atoms with E-state index in [-0.39, 0.29) is 6.10 Å². The highest BCUT2D eigenvalue weighted by Gasteiger charge is 2.30. The maximum Gasteiger partial charge on any atom is 0.0538 e. The molecule has 1 heterocycles. The standard InChI is InChI=1S/C15H29NO/c1-2-15(17)8-5-10-16-11-9-13-6-3-4-7-14(13)12-16/h13-15,17H,2-12H2,1H3. The van der Waals surface area contributed by atoms with E-state index in [0.29, 0.717) is 0 Å². The molecule has 0 aromatic rings. The third-order valence-corrected chi connectivity index (χ3v) is 4.86. The van der Waals surface area contributed by atoms with Gasteiger partial charge in [-0.25, -0.2) is 0 Å². The number of aliphatic hydroxyl groups excluding tert-OH is 1. The quantitative estimate of drug-likeness (QED) is 0.797. The Balaban J connectivity index is 1.65. The van der Waals surface area contributed by atoms with E-state index >= 15 is 0 Å². The Morgan fingerprint density at radius 3 is 2.71 bits per heavy atom. The van der Waals surface area contributed by atoms with Gasteiger partial charge in [0.15, 0.2) is 0 Å². The molecule has 2 rings (SSSR count). The summed E-state index contributed by atoms with van der Waals surface area (Å²) >= 11 is 0. The van der Waals surface area contributed by atoms with Gasteiger partial charge in [0.1, 0.15) is 0 Å². The molecule has 1 N–H and O–H groups in total. The lowest BCUT2D eigenvalue weighted by Gasteiger charge is -2.41. The van der Waals surface area contributed by atoms with E-state index in [1.54, 1.807) is 0 Å². The van der Waals surface area contributed by atoms with Crippen molar-refractivity contribution >= 4 is 0 Å². The number of aliphatic hydroxyl groups is 1. The van der Waals surface area contributed by atoms with Crippen LogP contribution in [0.15, 0.2) is 0 Å². The molecule has 0 amide bonds. The third-order valence-electron chi connectivity index (χ3n) is 4.86. The van der Waals surface area contributed by atoms with Gasteiger partial charge in [0, 0.05) is 6.54 Å². The molecule has 2 fully saturated rings. The lowest BCUT2D eigenvalue weighted by Crippen LogP contribution is -2.42. The SMILES string of the molecule is CCC(O)CCCN1CCC2CCCCC2C1. The molecular formula is C15H29NO. The lowest BCUT2D eigenvalue weighted by molar-refractivity contribution is 0.0803. The van der Waals surface area contributed by atoms with Crippen LogP contribution in [0.25, 0.3) is 0 Å². The predicted octanol–water partition coefficient (Wildman–Crippen LogP) is 3.05. The molecule has 0 spiro atoms. The van der Waals surface area contributed by atoms with Crippen LogP contribution in [-0.4, -0.2) is 35.7 Å². The molecule has 3 unspecified atom stereocenters. The third kappa shape index (κ3) is 3.96. The Labute approximate surface area is 106 Å². The summed E-state index contributed by atoms with van der Waals surface area (Å²) in [6, 6.07) is 0. The highest BCUT2D eigenvalue weighted by molar-refractivity contribution is 4.83. The van der Waals surface area contributed by atoms with Crippen molar-refractivity contribution in [1.82, 2.24) is 4.90 Å². The van der Waals surface area contributed by atoms with Crippen LogP contribution in [0.1, 0.15) is 58.3 Å². The van der Waals surface area contributed by atoms with Crippen LogP contribution in [0.4, 0.5) is 0 Å². The van der Waals surface area contributed by atoms with Crippen LogP contribution < -0.4 is 0 Å². The second kappa shape index (κ2) is 6.75. The van der Waals surface area contributed by atoms with E-state index in [0.717, 1.165) is 24.7 Å². The van der Waals surface area contributed by atoms with Gasteiger partial charge in [0.25, 0.3) is 0 Å². The van der Waals surface area contributed by atoms with Gasteiger partial charge >= 0.3 is 0 Å². The largest absolute Gasteiger partial charge is 0.393 e. The molecule has 1 saturated heterocycles. The first kappa shape index (κ1) is 13.4. The van der Waals surface area contributed by atoms with E-state index < -0.39 is 0 Å². The maximum atomic E-state index is 9.56. The Morgan fingerprint density at radius 2 is 1.94 bits per heavy atom. The zero-order valence-electron chi connectivity index (χ0n) is 11.4. The van der Waals surface area contributed by atoms with Crippen molar-refractivity contribution in [3.63, 3.8) is 0 Å². The Morgan fingerprint density at radius 1 is 1.18 bits per heavy atom. The van der Waals surface area contributed by atoms with Gasteiger partial charge in [-0.05, 0) is 57.0 Å². The van der Waals surface area contributed by atoms with Crippen molar-refractivity contribution < 1.29 is 5.11 Å². The average Bonchev–Trinajstić information content (AvgIpc) is 2.38. The van der Waals surface area contributed by atoms with Crippen LogP contribution in [0.5, 0.6) is 0 Å². The number of likely N-dealkylation sites (tertiary alicyclic amines) is 1. The van der Waals surface area contributed by atoms with Crippen molar-refractivity contribution in [3.05, 3.63) is 0 Å². The molecule has 0 aromatic carbocycles. The summed E-state index contributed by atoms with van der Waals surface area (Å²) < 4.78 is 0. The first-order chi connectivity index (χ1) is 8.29. The molecule has 17 heavy (non-hydrogen) atoms. The molecule has 100 valence electrons. The minimum atomic E-state index is -0.0674. The number of hydrogen-bond donors (Lipinski definition) is 1. The predicted molar refractivity (Wildman–Crippen MR) is 72.0 cm³/mol. The Kier molecular flexibility index (Phi) is 5.30. The first-order valence-electron chi connectivity index (χ1n) is 7.70. The van der Waals surface area contributed by atoms with E-state index in [1.165, 1.54) is 58.2 Å². The zero-order chi connectivity index (χ0) is 12.1. The van der Waals surface area contributed by atoms with Crippen molar-refractivity contribution in [1.29, 1.82) is 0 Å². The molecule has 0 aromatic heterocycles. The summed E-state index contributed by atoms with van der Waals surface area (Å²) in [6.45, 7) is 5.93. The molecule has 1 aliphatic heterocycles. The van der Waals surface area contributed by atoms with Crippen LogP contribution in [0.3, 0.4) is 0 Å². The second-order valence-electron chi connectivity index (χ2n) is 6.10. The molecule has 2 nitrogen and oxygen atoms in total. The minimum Gasteiger partial charge on any atom is -0.393 e. The Hall–Kier alpha value is -0.0800. The molecular weight excluding hydrogens is 210 g/mol. The fourth-order valence-electron chi connectivity index (χ4n) is 3.63. The van der Waals surface area contributed by atoms with E-state index in [1.807, 2.05) is 0 Å². The van der Waals surface area contributed by atoms with Crippen LogP contribution in [0, 0.1) is 11.8 Å². The van der Waals surface area contributed by atoms with Crippen molar-refractivity contribution in [2.45, 2.75) is 64.4 Å². The zero-order valence-corrected chi connectivity index (χ0v) is 11.4. The topological polar surface area (TPSA) is 23.5 Å². The average molecular weight is 239 g/mol. The second-order valence-corrected chi connectivity index (χ2v) is 6.10. The highest BCUT2D eigenvalue weighted by atomic mass is 16.3. The number of rotatable bonds is 5. The fraction of sp³-hybridized carbons (Fsp3) is 1.00. The first-order valence-corrected chi connectivity index (χ1v) is 7.70. The van der Waals surface area contributed by atoms with Crippen LogP contribution >= 0.6 is 0 Å². The minimum absolute atomic E-state index is 0.0674. The molecule has 1 saturated carbocycles. The van der Waals surface area contributed by atoms with Gasteiger partial charge in [0.05, 0.1) is 6.10 Å². The van der Waals surface area contributed by atoms with Gasteiger partial charge < -0.3 is 10.0 Å². The van der Waals surface area contributed by atoms with Gasteiger partial charge in [0.2, 0.25) is 0 Å². The summed E-state index contributed by atoms with van der Waals surface area (Å²) in [5.41, 5.74) is 0. The number of fused-ring (bicyclic) bond motifs is 1. The van der Waals surface area contributed by atoms with E-state index in [9.17, 15) is 5.11 Å². The van der Waals surface area contributed by atoms with E-state index in [2.05, 4.69) is 11.8 Å².